The molecule has 0 unspecified atom stereocenters. The van der Waals surface area contributed by atoms with Gasteiger partial charge in [0.25, 0.3) is 10.0 Å². The van der Waals surface area contributed by atoms with Crippen molar-refractivity contribution in [1.29, 1.82) is 0 Å². The number of hydrogen-bond donors (Lipinski definition) is 1. The fourth-order valence-corrected chi connectivity index (χ4v) is 4.37. The molecule has 1 N–H and O–H groups in total. The van der Waals surface area contributed by atoms with E-state index in [1.54, 1.807) is 29.2 Å². The molecule has 0 amide bonds. The SMILES string of the molecule is O=S(=O)(Nc1ccc(Cn2cncn2)cc1)c1ccc(Cl)s1. The monoisotopic (exact) mass is 354 g/mol. The molecule has 0 saturated carbocycles. The summed E-state index contributed by atoms with van der Waals surface area (Å²) in [7, 11) is -3.60. The molecule has 0 fully saturated rings. The zero-order chi connectivity index (χ0) is 15.6. The fraction of sp³-hybridized carbons (Fsp3) is 0.0769. The number of nitrogens with zero attached hydrogens (tertiary/aromatic N) is 3. The molecule has 1 aromatic carbocycles. The summed E-state index contributed by atoms with van der Waals surface area (Å²) < 4.78 is 29.2. The number of benzene rings is 1. The Morgan fingerprint density at radius 3 is 2.55 bits per heavy atom. The number of nitrogens with one attached hydrogen (secondary N) is 1. The van der Waals surface area contributed by atoms with Gasteiger partial charge in [-0.3, -0.25) is 4.72 Å². The van der Waals surface area contributed by atoms with Gasteiger partial charge in [-0.1, -0.05) is 23.7 Å². The first-order valence-corrected chi connectivity index (χ1v) is 8.90. The van der Waals surface area contributed by atoms with Crippen molar-refractivity contribution in [2.45, 2.75) is 10.8 Å². The maximum atomic E-state index is 12.2. The van der Waals surface area contributed by atoms with Crippen molar-refractivity contribution in [3.8, 4) is 0 Å². The summed E-state index contributed by atoms with van der Waals surface area (Å²) in [5.41, 5.74) is 1.49. The van der Waals surface area contributed by atoms with Gasteiger partial charge in [0.2, 0.25) is 0 Å². The summed E-state index contributed by atoms with van der Waals surface area (Å²) in [4.78, 5) is 3.87. The van der Waals surface area contributed by atoms with Crippen LogP contribution in [0.3, 0.4) is 0 Å². The van der Waals surface area contributed by atoms with E-state index < -0.39 is 10.0 Å². The Morgan fingerprint density at radius 1 is 1.18 bits per heavy atom. The maximum Gasteiger partial charge on any atom is 0.271 e. The third kappa shape index (κ3) is 3.46. The van der Waals surface area contributed by atoms with Crippen molar-refractivity contribution in [1.82, 2.24) is 14.8 Å². The van der Waals surface area contributed by atoms with Gasteiger partial charge in [0.1, 0.15) is 16.9 Å². The van der Waals surface area contributed by atoms with Crippen molar-refractivity contribution < 1.29 is 8.42 Å². The van der Waals surface area contributed by atoms with Gasteiger partial charge in [0.15, 0.2) is 0 Å². The van der Waals surface area contributed by atoms with Crippen LogP contribution < -0.4 is 4.72 Å². The van der Waals surface area contributed by atoms with Crippen LogP contribution in [0.5, 0.6) is 0 Å². The lowest BCUT2D eigenvalue weighted by Gasteiger charge is -2.07. The van der Waals surface area contributed by atoms with Gasteiger partial charge in [0.05, 0.1) is 10.9 Å². The first-order valence-electron chi connectivity index (χ1n) is 6.22. The normalized spacial score (nSPS) is 11.5. The molecular formula is C13H11ClN4O2S2. The molecular weight excluding hydrogens is 344 g/mol. The predicted octanol–water partition coefficient (Wildman–Crippen LogP) is 2.84. The van der Waals surface area contributed by atoms with Gasteiger partial charge in [-0.2, -0.15) is 5.10 Å². The van der Waals surface area contributed by atoms with E-state index in [1.165, 1.54) is 12.4 Å². The van der Waals surface area contributed by atoms with Crippen LogP contribution in [0.2, 0.25) is 4.34 Å². The number of rotatable bonds is 5. The highest BCUT2D eigenvalue weighted by Gasteiger charge is 2.16. The maximum absolute atomic E-state index is 12.2. The van der Waals surface area contributed by atoms with Crippen LogP contribution >= 0.6 is 22.9 Å². The molecule has 22 heavy (non-hydrogen) atoms. The average Bonchev–Trinajstić information content (AvgIpc) is 3.12. The van der Waals surface area contributed by atoms with E-state index in [-0.39, 0.29) is 4.21 Å². The van der Waals surface area contributed by atoms with E-state index in [0.717, 1.165) is 16.9 Å². The highest BCUT2D eigenvalue weighted by molar-refractivity contribution is 7.94. The lowest BCUT2D eigenvalue weighted by molar-refractivity contribution is 0.603. The van der Waals surface area contributed by atoms with E-state index in [1.807, 2.05) is 12.1 Å². The Morgan fingerprint density at radius 2 is 1.95 bits per heavy atom. The van der Waals surface area contributed by atoms with Gasteiger partial charge in [-0.25, -0.2) is 18.1 Å². The standard InChI is InChI=1S/C13H11ClN4O2S2/c14-12-5-6-13(21-12)22(19,20)17-11-3-1-10(2-4-11)7-18-9-15-8-16-18/h1-6,8-9,17H,7H2. The smallest absolute Gasteiger partial charge is 0.271 e. The van der Waals surface area contributed by atoms with Gasteiger partial charge in [-0.05, 0) is 29.8 Å². The van der Waals surface area contributed by atoms with Crippen molar-refractivity contribution in [3.05, 3.63) is 59.0 Å². The lowest BCUT2D eigenvalue weighted by Crippen LogP contribution is -2.11. The lowest BCUT2D eigenvalue weighted by atomic mass is 10.2. The van der Waals surface area contributed by atoms with Crippen LogP contribution in [-0.4, -0.2) is 23.2 Å². The molecule has 0 bridgehead atoms. The summed E-state index contributed by atoms with van der Waals surface area (Å²) in [6.45, 7) is 0.577. The van der Waals surface area contributed by atoms with Crippen molar-refractivity contribution in [3.63, 3.8) is 0 Å². The molecule has 3 aromatic rings. The van der Waals surface area contributed by atoms with E-state index >= 15 is 0 Å². The van der Waals surface area contributed by atoms with E-state index in [9.17, 15) is 8.42 Å². The molecule has 114 valence electrons. The average molecular weight is 355 g/mol. The minimum Gasteiger partial charge on any atom is -0.279 e. The van der Waals surface area contributed by atoms with Crippen LogP contribution in [0.15, 0.2) is 53.3 Å². The van der Waals surface area contributed by atoms with Gasteiger partial charge in [0, 0.05) is 5.69 Å². The second-order valence-corrected chi connectivity index (χ2v) is 8.08. The summed E-state index contributed by atoms with van der Waals surface area (Å²) >= 11 is 6.79. The molecule has 0 spiro atoms. The molecule has 2 heterocycles. The second kappa shape index (κ2) is 6.07. The molecule has 0 aliphatic rings. The number of aromatic nitrogens is 3. The molecule has 0 saturated heterocycles. The van der Waals surface area contributed by atoms with Crippen LogP contribution in [0.25, 0.3) is 0 Å². The van der Waals surface area contributed by atoms with E-state index in [4.69, 9.17) is 11.6 Å². The largest absolute Gasteiger partial charge is 0.279 e. The minimum absolute atomic E-state index is 0.184. The Hall–Kier alpha value is -1.90. The molecule has 0 radical (unpaired) electrons. The van der Waals surface area contributed by atoms with Crippen LogP contribution in [0, 0.1) is 0 Å². The van der Waals surface area contributed by atoms with Crippen molar-refractivity contribution >= 4 is 38.6 Å². The Bertz CT molecular complexity index is 858. The van der Waals surface area contributed by atoms with Crippen LogP contribution in [-0.2, 0) is 16.6 Å². The highest BCUT2D eigenvalue weighted by atomic mass is 35.5. The van der Waals surface area contributed by atoms with Crippen molar-refractivity contribution in [2.75, 3.05) is 4.72 Å². The Balaban J connectivity index is 1.73. The molecule has 0 aliphatic heterocycles. The zero-order valence-electron chi connectivity index (χ0n) is 11.2. The van der Waals surface area contributed by atoms with Crippen LogP contribution in [0.1, 0.15) is 5.56 Å². The van der Waals surface area contributed by atoms with Gasteiger partial charge < -0.3 is 0 Å². The van der Waals surface area contributed by atoms with Gasteiger partial charge in [-0.15, -0.1) is 11.3 Å². The van der Waals surface area contributed by atoms with Gasteiger partial charge >= 0.3 is 0 Å². The number of thiophene rings is 1. The van der Waals surface area contributed by atoms with Crippen LogP contribution in [0.4, 0.5) is 5.69 Å². The molecule has 2 aromatic heterocycles. The minimum atomic E-state index is -3.60. The quantitative estimate of drug-likeness (QED) is 0.764. The molecule has 3 rings (SSSR count). The Labute approximate surface area is 136 Å². The number of sulfonamides is 1. The summed E-state index contributed by atoms with van der Waals surface area (Å²) in [5.74, 6) is 0. The zero-order valence-corrected chi connectivity index (χ0v) is 13.6. The summed E-state index contributed by atoms with van der Waals surface area (Å²) in [5, 5.41) is 4.02. The molecule has 0 atom stereocenters. The summed E-state index contributed by atoms with van der Waals surface area (Å²) in [6.07, 6.45) is 3.09. The molecule has 9 heteroatoms. The third-order valence-electron chi connectivity index (χ3n) is 2.83. The third-order valence-corrected chi connectivity index (χ3v) is 5.93. The van der Waals surface area contributed by atoms with Crippen molar-refractivity contribution in [2.24, 2.45) is 0 Å². The first-order chi connectivity index (χ1) is 10.5. The molecule has 6 nitrogen and oxygen atoms in total. The first kappa shape index (κ1) is 15.0. The van der Waals surface area contributed by atoms with E-state index in [2.05, 4.69) is 14.8 Å². The Kier molecular flexibility index (Phi) is 4.14. The summed E-state index contributed by atoms with van der Waals surface area (Å²) in [6, 6.07) is 10.1. The fourth-order valence-electron chi connectivity index (χ4n) is 1.83. The topological polar surface area (TPSA) is 76.9 Å². The van der Waals surface area contributed by atoms with E-state index in [0.29, 0.717) is 16.6 Å². The second-order valence-electron chi connectivity index (χ2n) is 4.45. The highest BCUT2D eigenvalue weighted by Crippen LogP contribution is 2.27. The number of anilines is 1. The number of halogens is 1. The molecule has 0 aliphatic carbocycles. The number of hydrogen-bond acceptors (Lipinski definition) is 5. The predicted molar refractivity (Wildman–Crippen MR) is 85.7 cm³/mol.